The molecule has 3 aromatic carbocycles. The van der Waals surface area contributed by atoms with Gasteiger partial charge in [0.15, 0.2) is 6.61 Å². The molecule has 0 saturated carbocycles. The summed E-state index contributed by atoms with van der Waals surface area (Å²) >= 11 is 7.62. The third-order valence-corrected chi connectivity index (χ3v) is 5.47. The molecule has 3 aromatic rings. The third-order valence-electron chi connectivity index (χ3n) is 4.26. The molecule has 3 rings (SSSR count). The minimum atomic E-state index is -4.77. The van der Waals surface area contributed by atoms with Gasteiger partial charge in [-0.2, -0.15) is 0 Å². The first-order valence-electron chi connectivity index (χ1n) is 9.60. The van der Waals surface area contributed by atoms with E-state index >= 15 is 0 Å². The molecule has 0 bridgehead atoms. The number of ether oxygens (including phenoxy) is 2. The zero-order valence-corrected chi connectivity index (χ0v) is 18.6. The van der Waals surface area contributed by atoms with Crippen LogP contribution >= 0.6 is 23.4 Å². The zero-order valence-electron chi connectivity index (χ0n) is 17.0. The highest BCUT2D eigenvalue weighted by Gasteiger charge is 2.31. The van der Waals surface area contributed by atoms with E-state index in [2.05, 4.69) is 4.74 Å². The summed E-state index contributed by atoms with van der Waals surface area (Å²) in [5.41, 5.74) is 2.18. The Labute approximate surface area is 197 Å². The van der Waals surface area contributed by atoms with Crippen molar-refractivity contribution in [3.8, 4) is 11.5 Å². The van der Waals surface area contributed by atoms with E-state index in [0.29, 0.717) is 11.3 Å². The average molecular weight is 495 g/mol. The van der Waals surface area contributed by atoms with Crippen molar-refractivity contribution in [1.29, 1.82) is 0 Å². The van der Waals surface area contributed by atoms with Crippen molar-refractivity contribution in [2.75, 3.05) is 12.4 Å². The summed E-state index contributed by atoms with van der Waals surface area (Å²) in [5.74, 6) is -0.628. The number of rotatable bonds is 9. The fourth-order valence-corrected chi connectivity index (χ4v) is 4.04. The lowest BCUT2D eigenvalue weighted by molar-refractivity contribution is -0.274. The van der Waals surface area contributed by atoms with E-state index in [1.54, 1.807) is 24.3 Å². The summed E-state index contributed by atoms with van der Waals surface area (Å²) in [5, 5.41) is 8.99. The van der Waals surface area contributed by atoms with Gasteiger partial charge in [0.25, 0.3) is 0 Å². The highest BCUT2D eigenvalue weighted by atomic mass is 35.5. The highest BCUT2D eigenvalue weighted by molar-refractivity contribution is 7.99. The van der Waals surface area contributed by atoms with Crippen LogP contribution in [0.4, 0.5) is 13.2 Å². The number of halogens is 4. The number of carboxylic acids is 1. The molecule has 0 aliphatic heterocycles. The molecule has 0 unspecified atom stereocenters. The van der Waals surface area contributed by atoms with Crippen LogP contribution in [0, 0.1) is 0 Å². The third kappa shape index (κ3) is 7.76. The number of alkyl halides is 3. The maximum atomic E-state index is 12.6. The van der Waals surface area contributed by atoms with Crippen LogP contribution in [-0.2, 0) is 4.79 Å². The molecule has 4 nitrogen and oxygen atoms in total. The van der Waals surface area contributed by atoms with Crippen molar-refractivity contribution < 1.29 is 32.5 Å². The number of carbonyl (C=O) groups is 1. The fourth-order valence-electron chi connectivity index (χ4n) is 2.93. The Morgan fingerprint density at radius 2 is 1.73 bits per heavy atom. The minimum absolute atomic E-state index is 0.269. The molecular formula is C24H18ClF3O4S. The first-order chi connectivity index (χ1) is 15.7. The van der Waals surface area contributed by atoms with Gasteiger partial charge >= 0.3 is 12.3 Å². The molecule has 0 heterocycles. The van der Waals surface area contributed by atoms with Crippen LogP contribution in [0.1, 0.15) is 11.1 Å². The van der Waals surface area contributed by atoms with Crippen molar-refractivity contribution in [3.05, 3.63) is 95.0 Å². The maximum absolute atomic E-state index is 12.6. The number of benzene rings is 3. The number of aliphatic carboxylic acids is 1. The van der Waals surface area contributed by atoms with Crippen molar-refractivity contribution in [2.24, 2.45) is 0 Å². The molecule has 0 spiro atoms. The molecule has 0 aliphatic carbocycles. The van der Waals surface area contributed by atoms with Gasteiger partial charge in [-0.05, 0) is 47.0 Å². The van der Waals surface area contributed by atoms with Gasteiger partial charge in [-0.15, -0.1) is 24.9 Å². The highest BCUT2D eigenvalue weighted by Crippen LogP contribution is 2.32. The van der Waals surface area contributed by atoms with Crippen molar-refractivity contribution in [2.45, 2.75) is 11.3 Å². The Morgan fingerprint density at radius 3 is 2.39 bits per heavy atom. The van der Waals surface area contributed by atoms with Gasteiger partial charge in [-0.1, -0.05) is 60.1 Å². The zero-order chi connectivity index (χ0) is 23.8. The number of carboxylic acid groups (broad SMARTS) is 1. The first kappa shape index (κ1) is 24.5. The normalized spacial score (nSPS) is 11.8. The van der Waals surface area contributed by atoms with Gasteiger partial charge in [-0.3, -0.25) is 0 Å². The lowest BCUT2D eigenvalue weighted by Gasteiger charge is -2.13. The van der Waals surface area contributed by atoms with Crippen molar-refractivity contribution in [3.63, 3.8) is 0 Å². The second-order valence-electron chi connectivity index (χ2n) is 6.65. The van der Waals surface area contributed by atoms with E-state index in [-0.39, 0.29) is 16.5 Å². The maximum Gasteiger partial charge on any atom is 0.573 e. The number of hydrogen-bond donors (Lipinski definition) is 1. The first-order valence-corrected chi connectivity index (χ1v) is 11.0. The van der Waals surface area contributed by atoms with Gasteiger partial charge < -0.3 is 14.6 Å². The van der Waals surface area contributed by atoms with Gasteiger partial charge in [0.05, 0.1) is 5.02 Å². The largest absolute Gasteiger partial charge is 0.573 e. The van der Waals surface area contributed by atoms with Gasteiger partial charge in [0, 0.05) is 10.6 Å². The van der Waals surface area contributed by atoms with Crippen molar-refractivity contribution >= 4 is 34.9 Å². The van der Waals surface area contributed by atoms with E-state index in [1.807, 2.05) is 36.4 Å². The smallest absolute Gasteiger partial charge is 0.480 e. The predicted molar refractivity (Wildman–Crippen MR) is 122 cm³/mol. The van der Waals surface area contributed by atoms with Gasteiger partial charge in [-0.25, -0.2) is 4.79 Å². The molecule has 0 aliphatic rings. The molecule has 172 valence electrons. The molecule has 1 N–H and O–H groups in total. The number of hydrogen-bond acceptors (Lipinski definition) is 4. The number of thioether (sulfide) groups is 1. The second-order valence-corrected chi connectivity index (χ2v) is 8.15. The molecule has 9 heteroatoms. The Hall–Kier alpha value is -3.10. The summed E-state index contributed by atoms with van der Waals surface area (Å²) in [6.45, 7) is -0.494. The van der Waals surface area contributed by atoms with Crippen LogP contribution in [0.15, 0.2) is 83.8 Å². The molecule has 33 heavy (non-hydrogen) atoms. The fraction of sp³-hybridized carbons (Fsp3) is 0.125. The Morgan fingerprint density at radius 1 is 1.00 bits per heavy atom. The van der Waals surface area contributed by atoms with Gasteiger partial charge in [0.2, 0.25) is 0 Å². The van der Waals surface area contributed by atoms with E-state index in [1.165, 1.54) is 30.0 Å². The summed E-state index contributed by atoms with van der Waals surface area (Å²) in [4.78, 5) is 11.5. The molecule has 0 saturated heterocycles. The quantitative estimate of drug-likeness (QED) is 0.327. The Kier molecular flexibility index (Phi) is 8.30. The monoisotopic (exact) mass is 494 g/mol. The molecule has 0 fully saturated rings. The van der Waals surface area contributed by atoms with Crippen LogP contribution in [0.2, 0.25) is 5.02 Å². The van der Waals surface area contributed by atoms with Crippen molar-refractivity contribution in [1.82, 2.24) is 0 Å². The molecule has 0 atom stereocenters. The van der Waals surface area contributed by atoms with E-state index < -0.39 is 18.9 Å². The summed E-state index contributed by atoms with van der Waals surface area (Å²) in [6.07, 6.45) is -2.86. The van der Waals surface area contributed by atoms with E-state index in [0.717, 1.165) is 16.0 Å². The summed E-state index contributed by atoms with van der Waals surface area (Å²) < 4.78 is 47.1. The van der Waals surface area contributed by atoms with Crippen LogP contribution < -0.4 is 9.47 Å². The summed E-state index contributed by atoms with van der Waals surface area (Å²) in [7, 11) is 0. The van der Waals surface area contributed by atoms with Crippen LogP contribution in [0.5, 0.6) is 11.5 Å². The predicted octanol–water partition coefficient (Wildman–Crippen LogP) is 6.93. The standard InChI is InChI=1S/C24H18ClF3O4S/c25-21-14-19(9-10-22(21)31-15-23(29)30)33-12-11-20(16-5-2-1-3-6-16)17-7-4-8-18(13-17)32-24(26,27)28/h1-11,13-14H,12,15H2,(H,29,30). The molecule has 0 aromatic heterocycles. The Balaban J connectivity index is 1.80. The Bertz CT molecular complexity index is 1130. The average Bonchev–Trinajstić information content (AvgIpc) is 2.75. The summed E-state index contributed by atoms with van der Waals surface area (Å²) in [6, 6.07) is 20.1. The van der Waals surface area contributed by atoms with E-state index in [9.17, 15) is 18.0 Å². The van der Waals surface area contributed by atoms with Crippen LogP contribution in [0.3, 0.4) is 0 Å². The molecular weight excluding hydrogens is 477 g/mol. The second kappa shape index (κ2) is 11.2. The van der Waals surface area contributed by atoms with Crippen LogP contribution in [0.25, 0.3) is 5.57 Å². The van der Waals surface area contributed by atoms with Gasteiger partial charge in [0.1, 0.15) is 11.5 Å². The van der Waals surface area contributed by atoms with E-state index in [4.69, 9.17) is 21.4 Å². The topological polar surface area (TPSA) is 55.8 Å². The SMILES string of the molecule is O=C(O)COc1ccc(SCC=C(c2ccccc2)c2cccc(OC(F)(F)F)c2)cc1Cl. The van der Waals surface area contributed by atoms with Crippen LogP contribution in [-0.4, -0.2) is 29.8 Å². The lowest BCUT2D eigenvalue weighted by atomic mass is 9.98. The molecule has 0 radical (unpaired) electrons. The molecule has 0 amide bonds. The lowest BCUT2D eigenvalue weighted by Crippen LogP contribution is -2.17. The minimum Gasteiger partial charge on any atom is -0.480 e.